The summed E-state index contributed by atoms with van der Waals surface area (Å²) in [5.41, 5.74) is 0. The van der Waals surface area contributed by atoms with E-state index in [-0.39, 0.29) is 17.7 Å². The Labute approximate surface area is 118 Å². The molecule has 0 aromatic carbocycles. The minimum atomic E-state index is -1.00. The highest BCUT2D eigenvalue weighted by Gasteiger charge is 2.38. The van der Waals surface area contributed by atoms with Crippen LogP contribution in [-0.2, 0) is 14.4 Å². The van der Waals surface area contributed by atoms with E-state index in [4.69, 9.17) is 5.11 Å². The van der Waals surface area contributed by atoms with Crippen LogP contribution in [0.15, 0.2) is 0 Å². The van der Waals surface area contributed by atoms with Crippen molar-refractivity contribution in [2.24, 2.45) is 11.8 Å². The lowest BCUT2D eigenvalue weighted by Gasteiger charge is -2.19. The van der Waals surface area contributed by atoms with E-state index in [2.05, 4.69) is 10.6 Å². The van der Waals surface area contributed by atoms with E-state index in [0.717, 1.165) is 38.5 Å². The summed E-state index contributed by atoms with van der Waals surface area (Å²) in [6.45, 7) is 1.59. The molecule has 0 radical (unpaired) electrons. The Morgan fingerprint density at radius 1 is 1.05 bits per heavy atom. The van der Waals surface area contributed by atoms with Gasteiger partial charge in [-0.05, 0) is 38.5 Å². The summed E-state index contributed by atoms with van der Waals surface area (Å²) in [5, 5.41) is 14.3. The van der Waals surface area contributed by atoms with Crippen molar-refractivity contribution >= 4 is 17.8 Å². The van der Waals surface area contributed by atoms with Gasteiger partial charge in [-0.2, -0.15) is 0 Å². The van der Waals surface area contributed by atoms with E-state index in [1.807, 2.05) is 0 Å². The molecule has 0 bridgehead atoms. The predicted molar refractivity (Wildman–Crippen MR) is 71.9 cm³/mol. The first-order valence-corrected chi connectivity index (χ1v) is 7.32. The smallest absolute Gasteiger partial charge is 0.326 e. The number of carboxylic acids is 1. The number of aliphatic carboxylic acids is 1. The van der Waals surface area contributed by atoms with Gasteiger partial charge in [-0.25, -0.2) is 4.79 Å². The van der Waals surface area contributed by atoms with Gasteiger partial charge in [-0.1, -0.05) is 12.8 Å². The number of carbonyl (C=O) groups excluding carboxylic acids is 2. The highest BCUT2D eigenvalue weighted by molar-refractivity contribution is 5.90. The summed E-state index contributed by atoms with van der Waals surface area (Å²) >= 11 is 0. The molecule has 2 atom stereocenters. The second kappa shape index (κ2) is 6.24. The fourth-order valence-corrected chi connectivity index (χ4v) is 2.67. The predicted octanol–water partition coefficient (Wildman–Crippen LogP) is 0.661. The molecular weight excluding hydrogens is 260 g/mol. The van der Waals surface area contributed by atoms with Crippen LogP contribution in [-0.4, -0.2) is 35.0 Å². The number of nitrogens with one attached hydrogen (secondary N) is 2. The minimum absolute atomic E-state index is 0.00366. The van der Waals surface area contributed by atoms with Crippen molar-refractivity contribution in [3.8, 4) is 0 Å². The molecule has 2 aliphatic carbocycles. The first-order valence-electron chi connectivity index (χ1n) is 7.32. The quantitative estimate of drug-likeness (QED) is 0.667. The van der Waals surface area contributed by atoms with Gasteiger partial charge in [0.15, 0.2) is 0 Å². The Hall–Kier alpha value is -1.59. The molecule has 3 N–H and O–H groups in total. The third-order valence-corrected chi connectivity index (χ3v) is 4.14. The Kier molecular flexibility index (Phi) is 4.62. The number of amides is 2. The third-order valence-electron chi connectivity index (χ3n) is 4.14. The number of hydrogen-bond donors (Lipinski definition) is 3. The van der Waals surface area contributed by atoms with Crippen LogP contribution in [0.2, 0.25) is 0 Å². The molecule has 6 heteroatoms. The summed E-state index contributed by atoms with van der Waals surface area (Å²) in [5.74, 6) is -1.48. The van der Waals surface area contributed by atoms with Gasteiger partial charge < -0.3 is 15.7 Å². The molecule has 2 unspecified atom stereocenters. The van der Waals surface area contributed by atoms with Gasteiger partial charge in [-0.15, -0.1) is 0 Å². The lowest BCUT2D eigenvalue weighted by Crippen LogP contribution is -2.51. The molecule has 0 aliphatic heterocycles. The first-order chi connectivity index (χ1) is 9.49. The second-order valence-electron chi connectivity index (χ2n) is 5.87. The molecule has 112 valence electrons. The number of carbonyl (C=O) groups is 3. The Bertz CT molecular complexity index is 400. The largest absolute Gasteiger partial charge is 0.480 e. The van der Waals surface area contributed by atoms with E-state index in [9.17, 15) is 14.4 Å². The minimum Gasteiger partial charge on any atom is -0.480 e. The molecule has 0 heterocycles. The van der Waals surface area contributed by atoms with E-state index in [1.165, 1.54) is 0 Å². The Morgan fingerprint density at radius 2 is 1.65 bits per heavy atom. The van der Waals surface area contributed by atoms with E-state index < -0.39 is 24.0 Å². The topological polar surface area (TPSA) is 95.5 Å². The van der Waals surface area contributed by atoms with Gasteiger partial charge in [0.05, 0.1) is 0 Å². The molecule has 2 aliphatic rings. The molecule has 0 saturated heterocycles. The third kappa shape index (κ3) is 3.71. The van der Waals surface area contributed by atoms with Crippen molar-refractivity contribution in [1.29, 1.82) is 0 Å². The van der Waals surface area contributed by atoms with Crippen LogP contribution in [0.3, 0.4) is 0 Å². The summed E-state index contributed by atoms with van der Waals surface area (Å²) in [4.78, 5) is 34.9. The average Bonchev–Trinajstić information content (AvgIpc) is 3.07. The maximum absolute atomic E-state index is 12.0. The van der Waals surface area contributed by atoms with E-state index in [1.54, 1.807) is 6.92 Å². The zero-order chi connectivity index (χ0) is 14.7. The number of carboxylic acid groups (broad SMARTS) is 1. The van der Waals surface area contributed by atoms with Gasteiger partial charge in [-0.3, -0.25) is 9.59 Å². The van der Waals surface area contributed by atoms with Gasteiger partial charge in [0.1, 0.15) is 12.1 Å². The SMILES string of the molecule is CC(NC(=O)C1CCCC1)C(=O)NC(C(=O)O)C1CC1. The molecule has 2 rings (SSSR count). The molecule has 6 nitrogen and oxygen atoms in total. The fourth-order valence-electron chi connectivity index (χ4n) is 2.67. The van der Waals surface area contributed by atoms with Crippen molar-refractivity contribution in [3.05, 3.63) is 0 Å². The average molecular weight is 282 g/mol. The molecule has 0 spiro atoms. The molecule has 0 aromatic rings. The highest BCUT2D eigenvalue weighted by atomic mass is 16.4. The molecular formula is C14H22N2O4. The second-order valence-corrected chi connectivity index (χ2v) is 5.87. The summed E-state index contributed by atoms with van der Waals surface area (Å²) in [6, 6.07) is -1.52. The lowest BCUT2D eigenvalue weighted by molar-refractivity contribution is -0.142. The van der Waals surface area contributed by atoms with Crippen molar-refractivity contribution < 1.29 is 19.5 Å². The molecule has 2 amide bonds. The lowest BCUT2D eigenvalue weighted by atomic mass is 10.1. The van der Waals surface area contributed by atoms with Crippen LogP contribution in [0.1, 0.15) is 45.4 Å². The number of hydrogen-bond acceptors (Lipinski definition) is 3. The maximum Gasteiger partial charge on any atom is 0.326 e. The highest BCUT2D eigenvalue weighted by Crippen LogP contribution is 2.32. The van der Waals surface area contributed by atoms with Crippen LogP contribution < -0.4 is 10.6 Å². The molecule has 20 heavy (non-hydrogen) atoms. The van der Waals surface area contributed by atoms with Crippen LogP contribution in [0.4, 0.5) is 0 Å². The van der Waals surface area contributed by atoms with Gasteiger partial charge in [0.25, 0.3) is 0 Å². The number of rotatable bonds is 6. The maximum atomic E-state index is 12.0. The van der Waals surface area contributed by atoms with E-state index >= 15 is 0 Å². The van der Waals surface area contributed by atoms with E-state index in [0.29, 0.717) is 0 Å². The summed E-state index contributed by atoms with van der Waals surface area (Å²) in [7, 11) is 0. The van der Waals surface area contributed by atoms with Crippen molar-refractivity contribution in [2.75, 3.05) is 0 Å². The Balaban J connectivity index is 1.81. The van der Waals surface area contributed by atoms with Crippen LogP contribution in [0.5, 0.6) is 0 Å². The Morgan fingerprint density at radius 3 is 2.15 bits per heavy atom. The molecule has 0 aromatic heterocycles. The van der Waals surface area contributed by atoms with Gasteiger partial charge in [0.2, 0.25) is 11.8 Å². The van der Waals surface area contributed by atoms with Crippen molar-refractivity contribution in [3.63, 3.8) is 0 Å². The monoisotopic (exact) mass is 282 g/mol. The van der Waals surface area contributed by atoms with Gasteiger partial charge in [0, 0.05) is 5.92 Å². The zero-order valence-electron chi connectivity index (χ0n) is 11.7. The molecule has 2 saturated carbocycles. The zero-order valence-corrected chi connectivity index (χ0v) is 11.7. The standard InChI is InChI=1S/C14H22N2O4/c1-8(15-13(18)10-4-2-3-5-10)12(17)16-11(14(19)20)9-6-7-9/h8-11H,2-7H2,1H3,(H,15,18)(H,16,17)(H,19,20). The first kappa shape index (κ1) is 14.8. The van der Waals surface area contributed by atoms with Crippen LogP contribution >= 0.6 is 0 Å². The summed E-state index contributed by atoms with van der Waals surface area (Å²) in [6.07, 6.45) is 5.53. The van der Waals surface area contributed by atoms with Gasteiger partial charge >= 0.3 is 5.97 Å². The van der Waals surface area contributed by atoms with Crippen LogP contribution in [0.25, 0.3) is 0 Å². The van der Waals surface area contributed by atoms with Crippen molar-refractivity contribution in [1.82, 2.24) is 10.6 Å². The fraction of sp³-hybridized carbons (Fsp3) is 0.786. The molecule has 2 fully saturated rings. The van der Waals surface area contributed by atoms with Crippen molar-refractivity contribution in [2.45, 2.75) is 57.5 Å². The normalized spacial score (nSPS) is 22.1. The van der Waals surface area contributed by atoms with Crippen LogP contribution in [0, 0.1) is 11.8 Å². The summed E-state index contributed by atoms with van der Waals surface area (Å²) < 4.78 is 0.